The number of carboxylic acid groups (broad SMARTS) is 1. The molecule has 3 aromatic carbocycles. The van der Waals surface area contributed by atoms with Crippen LogP contribution in [-0.2, 0) is 24.4 Å². The van der Waals surface area contributed by atoms with Gasteiger partial charge in [0.1, 0.15) is 12.4 Å². The lowest BCUT2D eigenvalue weighted by Crippen LogP contribution is -2.04. The van der Waals surface area contributed by atoms with Gasteiger partial charge in [-0.1, -0.05) is 36.4 Å². The van der Waals surface area contributed by atoms with E-state index in [4.69, 9.17) is 15.6 Å². The summed E-state index contributed by atoms with van der Waals surface area (Å²) in [6.07, 6.45) is 1.60. The number of nitrogens with two attached hydrogens (primary N) is 1. The fraction of sp³-hybridized carbons (Fsp3) is 0.130. The number of carbonyl (C=O) groups is 1. The molecular weight excluding hydrogens is 366 g/mol. The molecule has 0 aliphatic rings. The number of rotatable bonds is 7. The van der Waals surface area contributed by atoms with Crippen molar-refractivity contribution < 1.29 is 14.6 Å². The van der Waals surface area contributed by atoms with Crippen LogP contribution in [0, 0.1) is 0 Å². The first kappa shape index (κ1) is 18.7. The minimum atomic E-state index is -0.888. The molecule has 0 fully saturated rings. The second kappa shape index (κ2) is 8.16. The molecular formula is C23H21N3O3. The van der Waals surface area contributed by atoms with Gasteiger partial charge in [-0.3, -0.25) is 4.79 Å². The molecule has 0 spiro atoms. The number of fused-ring (bicyclic) bond motifs is 1. The second-order valence-corrected chi connectivity index (χ2v) is 6.81. The Morgan fingerprint density at radius 3 is 2.76 bits per heavy atom. The third-order valence-electron chi connectivity index (χ3n) is 4.77. The number of hydrogen-bond acceptors (Lipinski definition) is 4. The molecule has 4 aromatic rings. The van der Waals surface area contributed by atoms with E-state index in [9.17, 15) is 4.79 Å². The molecule has 4 N–H and O–H groups in total. The lowest BCUT2D eigenvalue weighted by atomic mass is 9.99. The second-order valence-electron chi connectivity index (χ2n) is 6.81. The van der Waals surface area contributed by atoms with E-state index in [0.29, 0.717) is 24.5 Å². The maximum atomic E-state index is 11.1. The molecule has 1 aromatic heterocycles. The third-order valence-corrected chi connectivity index (χ3v) is 4.77. The van der Waals surface area contributed by atoms with E-state index in [0.717, 1.165) is 33.3 Å². The molecule has 0 bridgehead atoms. The quantitative estimate of drug-likeness (QED) is 0.446. The van der Waals surface area contributed by atoms with Crippen LogP contribution in [0.3, 0.4) is 0 Å². The summed E-state index contributed by atoms with van der Waals surface area (Å²) in [6.45, 7) is 0.784. The van der Waals surface area contributed by atoms with Crippen LogP contribution < -0.4 is 10.5 Å². The van der Waals surface area contributed by atoms with Crippen LogP contribution in [-0.4, -0.2) is 21.0 Å². The Morgan fingerprint density at radius 2 is 1.93 bits per heavy atom. The van der Waals surface area contributed by atoms with E-state index >= 15 is 0 Å². The average molecular weight is 387 g/mol. The van der Waals surface area contributed by atoms with Gasteiger partial charge in [-0.15, -0.1) is 0 Å². The van der Waals surface area contributed by atoms with Gasteiger partial charge in [0.05, 0.1) is 23.8 Å². The summed E-state index contributed by atoms with van der Waals surface area (Å²) in [6, 6.07) is 19.3. The molecule has 0 atom stereocenters. The van der Waals surface area contributed by atoms with Crippen molar-refractivity contribution in [3.63, 3.8) is 0 Å². The fourth-order valence-electron chi connectivity index (χ4n) is 3.40. The first-order chi connectivity index (χ1) is 14.1. The highest BCUT2D eigenvalue weighted by Gasteiger charge is 2.11. The van der Waals surface area contributed by atoms with Gasteiger partial charge < -0.3 is 20.6 Å². The molecule has 6 nitrogen and oxygen atoms in total. The molecule has 29 heavy (non-hydrogen) atoms. The number of nitrogens with one attached hydrogen (secondary N) is 1. The molecule has 6 heteroatoms. The zero-order chi connectivity index (χ0) is 20.2. The zero-order valence-electron chi connectivity index (χ0n) is 15.8. The molecule has 146 valence electrons. The summed E-state index contributed by atoms with van der Waals surface area (Å²) in [5.74, 6) is -0.315. The lowest BCUT2D eigenvalue weighted by Gasteiger charge is -2.12. The minimum absolute atomic E-state index is 0.0777. The highest BCUT2D eigenvalue weighted by Crippen LogP contribution is 2.30. The molecule has 0 unspecified atom stereocenters. The van der Waals surface area contributed by atoms with Crippen LogP contribution in [0.1, 0.15) is 16.7 Å². The van der Waals surface area contributed by atoms with Crippen LogP contribution in [0.5, 0.6) is 5.75 Å². The van der Waals surface area contributed by atoms with E-state index in [1.54, 1.807) is 18.5 Å². The SMILES string of the molecule is NCc1cccc(-c2cc(COc3ccccc3CC(=O)O)cc3nc[nH]c23)c1. The zero-order valence-corrected chi connectivity index (χ0v) is 15.8. The molecule has 0 aliphatic carbocycles. The van der Waals surface area contributed by atoms with Gasteiger partial charge in [0, 0.05) is 17.7 Å². The van der Waals surface area contributed by atoms with Crippen molar-refractivity contribution in [2.45, 2.75) is 19.6 Å². The van der Waals surface area contributed by atoms with E-state index in [-0.39, 0.29) is 6.42 Å². The van der Waals surface area contributed by atoms with Crippen LogP contribution >= 0.6 is 0 Å². The molecule has 1 heterocycles. The number of benzene rings is 3. The van der Waals surface area contributed by atoms with E-state index < -0.39 is 5.97 Å². The molecule has 0 amide bonds. The van der Waals surface area contributed by atoms with Crippen LogP contribution in [0.15, 0.2) is 67.0 Å². The number of para-hydroxylation sites is 1. The van der Waals surface area contributed by atoms with Gasteiger partial charge in [-0.2, -0.15) is 0 Å². The van der Waals surface area contributed by atoms with Crippen LogP contribution in [0.25, 0.3) is 22.2 Å². The van der Waals surface area contributed by atoms with Gasteiger partial charge in [0.25, 0.3) is 0 Å². The maximum absolute atomic E-state index is 11.1. The molecule has 0 radical (unpaired) electrons. The number of hydrogen-bond donors (Lipinski definition) is 3. The number of imidazole rings is 1. The number of carboxylic acids is 1. The van der Waals surface area contributed by atoms with Crippen molar-refractivity contribution >= 4 is 17.0 Å². The van der Waals surface area contributed by atoms with Crippen LogP contribution in [0.2, 0.25) is 0 Å². The summed E-state index contributed by atoms with van der Waals surface area (Å²) in [5.41, 5.74) is 12.3. The van der Waals surface area contributed by atoms with Gasteiger partial charge in [0.15, 0.2) is 0 Å². The summed E-state index contributed by atoms with van der Waals surface area (Å²) < 4.78 is 5.96. The van der Waals surface area contributed by atoms with E-state index in [2.05, 4.69) is 22.1 Å². The van der Waals surface area contributed by atoms with Crippen molar-refractivity contribution in [1.82, 2.24) is 9.97 Å². The Kier molecular flexibility index (Phi) is 5.27. The highest BCUT2D eigenvalue weighted by atomic mass is 16.5. The van der Waals surface area contributed by atoms with Gasteiger partial charge in [-0.05, 0) is 41.0 Å². The van der Waals surface area contributed by atoms with E-state index in [1.807, 2.05) is 36.4 Å². The first-order valence-electron chi connectivity index (χ1n) is 9.32. The summed E-state index contributed by atoms with van der Waals surface area (Å²) in [4.78, 5) is 18.7. The normalized spacial score (nSPS) is 10.9. The Balaban J connectivity index is 1.67. The summed E-state index contributed by atoms with van der Waals surface area (Å²) >= 11 is 0. The van der Waals surface area contributed by atoms with Gasteiger partial charge >= 0.3 is 5.97 Å². The Bertz CT molecular complexity index is 1170. The lowest BCUT2D eigenvalue weighted by molar-refractivity contribution is -0.136. The number of ether oxygens (including phenoxy) is 1. The number of aromatic amines is 1. The van der Waals surface area contributed by atoms with Crippen molar-refractivity contribution in [2.24, 2.45) is 5.73 Å². The number of nitrogens with zero attached hydrogens (tertiary/aromatic N) is 1. The monoisotopic (exact) mass is 387 g/mol. The number of aliphatic carboxylic acids is 1. The van der Waals surface area contributed by atoms with Crippen molar-refractivity contribution in [3.8, 4) is 16.9 Å². The van der Waals surface area contributed by atoms with E-state index in [1.165, 1.54) is 0 Å². The molecule has 0 saturated heterocycles. The largest absolute Gasteiger partial charge is 0.489 e. The van der Waals surface area contributed by atoms with Crippen LogP contribution in [0.4, 0.5) is 0 Å². The predicted octanol–water partition coefficient (Wildman–Crippen LogP) is 3.89. The minimum Gasteiger partial charge on any atom is -0.489 e. The number of H-pyrrole nitrogens is 1. The van der Waals surface area contributed by atoms with Crippen molar-refractivity contribution in [3.05, 3.63) is 83.7 Å². The third kappa shape index (κ3) is 4.12. The van der Waals surface area contributed by atoms with Gasteiger partial charge in [0.2, 0.25) is 0 Å². The van der Waals surface area contributed by atoms with Crippen molar-refractivity contribution in [1.29, 1.82) is 0 Å². The summed E-state index contributed by atoms with van der Waals surface area (Å²) in [5, 5.41) is 9.10. The van der Waals surface area contributed by atoms with Gasteiger partial charge in [-0.25, -0.2) is 4.98 Å². The first-order valence-corrected chi connectivity index (χ1v) is 9.32. The predicted molar refractivity (Wildman–Crippen MR) is 112 cm³/mol. The molecule has 0 aliphatic heterocycles. The van der Waals surface area contributed by atoms with Crippen molar-refractivity contribution in [2.75, 3.05) is 0 Å². The Morgan fingerprint density at radius 1 is 1.07 bits per heavy atom. The standard InChI is InChI=1S/C23H21N3O3/c24-12-15-4-3-6-17(8-15)19-9-16(10-20-23(19)26-14-25-20)13-29-21-7-2-1-5-18(21)11-22(27)28/h1-10,14H,11-13,24H2,(H,25,26)(H,27,28). The average Bonchev–Trinajstić information content (AvgIpc) is 3.21. The maximum Gasteiger partial charge on any atom is 0.307 e. The molecule has 4 rings (SSSR count). The topological polar surface area (TPSA) is 101 Å². The smallest absolute Gasteiger partial charge is 0.307 e. The Labute approximate surface area is 168 Å². The summed E-state index contributed by atoms with van der Waals surface area (Å²) in [7, 11) is 0. The highest BCUT2D eigenvalue weighted by molar-refractivity contribution is 5.92. The Hall–Kier alpha value is -3.64. The molecule has 0 saturated carbocycles. The fourth-order valence-corrected chi connectivity index (χ4v) is 3.40. The number of aromatic nitrogens is 2.